The molecule has 11 nitrogen and oxygen atoms in total. The molecule has 0 atom stereocenters. The molecule has 0 amide bonds. The van der Waals surface area contributed by atoms with Gasteiger partial charge in [0.1, 0.15) is 5.82 Å². The van der Waals surface area contributed by atoms with E-state index in [9.17, 15) is 0 Å². The van der Waals surface area contributed by atoms with E-state index in [-0.39, 0.29) is 0 Å². The lowest BCUT2D eigenvalue weighted by atomic mass is 9.95. The number of hydrogen-bond donors (Lipinski definition) is 5. The van der Waals surface area contributed by atoms with Gasteiger partial charge in [-0.15, -0.1) is 22.7 Å². The Morgan fingerprint density at radius 3 is 0.847 bits per heavy atom. The van der Waals surface area contributed by atoms with Crippen molar-refractivity contribution < 1.29 is 0 Å². The number of nitrogens with one attached hydrogen (secondary N) is 5. The van der Waals surface area contributed by atoms with Crippen LogP contribution in [-0.2, 0) is 0 Å². The van der Waals surface area contributed by atoms with Gasteiger partial charge < -0.3 is 15.0 Å². The van der Waals surface area contributed by atoms with Gasteiger partial charge in [-0.3, -0.25) is 5.10 Å². The summed E-state index contributed by atoms with van der Waals surface area (Å²) >= 11 is 5.50. The van der Waals surface area contributed by atoms with Crippen molar-refractivity contribution in [3.8, 4) is 0 Å². The third-order valence-electron chi connectivity index (χ3n) is 15.6. The summed E-state index contributed by atoms with van der Waals surface area (Å²) in [4.78, 5) is 26.4. The number of aromatic amines is 5. The van der Waals surface area contributed by atoms with Gasteiger partial charge in [0.15, 0.2) is 0 Å². The van der Waals surface area contributed by atoms with Crippen LogP contribution in [0.4, 0.5) is 0 Å². The molecule has 98 heavy (non-hydrogen) atoms. The summed E-state index contributed by atoms with van der Waals surface area (Å²) in [6, 6.07) is 4.36. The second-order valence-electron chi connectivity index (χ2n) is 29.8. The zero-order valence-electron chi connectivity index (χ0n) is 71.1. The molecule has 0 saturated heterocycles. The molecule has 0 unspecified atom stereocenters. The van der Waals surface area contributed by atoms with Crippen molar-refractivity contribution in [3.63, 3.8) is 0 Å². The number of H-pyrrole nitrogens is 5. The predicted octanol–water partition coefficient (Wildman–Crippen LogP) is 29.0. The van der Waals surface area contributed by atoms with Crippen LogP contribution in [0.3, 0.4) is 0 Å². The topological polar surface area (TPSA) is 156 Å². The molecule has 0 bridgehead atoms. The molecular weight excluding hydrogens is 1260 g/mol. The second kappa shape index (κ2) is 50.4. The van der Waals surface area contributed by atoms with E-state index in [2.05, 4.69) is 321 Å². The van der Waals surface area contributed by atoms with Crippen LogP contribution in [0.25, 0.3) is 0 Å². The Kier molecular flexibility index (Phi) is 50.0. The van der Waals surface area contributed by atoms with E-state index in [1.807, 2.05) is 94.9 Å². The van der Waals surface area contributed by atoms with Gasteiger partial charge in [-0.1, -0.05) is 263 Å². The van der Waals surface area contributed by atoms with Crippen molar-refractivity contribution in [2.75, 3.05) is 0 Å². The van der Waals surface area contributed by atoms with E-state index in [0.717, 1.165) is 17.2 Å². The molecule has 8 aromatic heterocycles. The van der Waals surface area contributed by atoms with Crippen molar-refractivity contribution in [2.45, 2.75) is 385 Å². The summed E-state index contributed by atoms with van der Waals surface area (Å²) in [5, 5.41) is 25.2. The van der Waals surface area contributed by atoms with Gasteiger partial charge in [0.2, 0.25) is 0 Å². The van der Waals surface area contributed by atoms with Crippen LogP contribution in [0, 0.1) is 27.7 Å². The minimum absolute atomic E-state index is 0.464. The van der Waals surface area contributed by atoms with Gasteiger partial charge in [0.25, 0.3) is 0 Å². The Morgan fingerprint density at radius 2 is 0.622 bits per heavy atom. The highest BCUT2D eigenvalue weighted by molar-refractivity contribution is 7.12. The van der Waals surface area contributed by atoms with Crippen LogP contribution in [0.15, 0.2) is 35.3 Å². The maximum Gasteiger partial charge on any atom is 0.103 e. The zero-order valence-corrected chi connectivity index (χ0v) is 73.6. The average Bonchev–Trinajstić information content (AvgIpc) is 1.73. The molecular formula is C84H153N11S3. The van der Waals surface area contributed by atoms with Crippen molar-refractivity contribution in [3.05, 3.63) is 146 Å². The highest BCUT2D eigenvalue weighted by Crippen LogP contribution is 2.34. The zero-order chi connectivity index (χ0) is 76.9. The maximum absolute atomic E-state index is 4.55. The fraction of sp³-hybridized carbons (Fsp3) is 0.690. The van der Waals surface area contributed by atoms with E-state index in [1.165, 1.54) is 93.1 Å². The van der Waals surface area contributed by atoms with Crippen LogP contribution in [-0.4, -0.2) is 55.5 Å². The maximum atomic E-state index is 4.55. The van der Waals surface area contributed by atoms with Crippen molar-refractivity contribution in [1.82, 2.24) is 55.5 Å². The van der Waals surface area contributed by atoms with Crippen LogP contribution < -0.4 is 0 Å². The van der Waals surface area contributed by atoms with E-state index in [4.69, 9.17) is 0 Å². The molecule has 5 N–H and O–H groups in total. The molecule has 0 fully saturated rings. The minimum Gasteiger partial charge on any atom is -0.365 e. The Balaban J connectivity index is -0.00000104. The predicted molar refractivity (Wildman–Crippen MR) is 442 cm³/mol. The fourth-order valence-electron chi connectivity index (χ4n) is 10.8. The summed E-state index contributed by atoms with van der Waals surface area (Å²) in [5.41, 5.74) is 19.9. The molecule has 14 heteroatoms. The Bertz CT molecular complexity index is 2700. The fourth-order valence-corrected chi connectivity index (χ4v) is 14.1. The number of imidazole rings is 1. The van der Waals surface area contributed by atoms with E-state index in [0.29, 0.717) is 94.7 Å². The standard InChI is InChI=1S/2C10H18N2.2C10H17NS.2C10H17N.C10H16S.C8H15N3.3C2H6/c1-6(2)9-10(7(3)4)12-8(5)11-9;1-6(2)9-8(5)11-12-10(9)7(3)4;2*1-6(2)9-10(7(3)4)12-8(5)11-9;2*1-7(2)9-5-6-11-10(9)8(3)4;1-7(2)9-5-11-6-10(9)8(3)4;1-5(2)7-8(6(3)4)10-11-9-7;3*1-2/h2*6-7H,1-5H3,(H,11,12);2*6-7H,1-5H3;2*5-8,11H,1-4H3;5-8H,1-4H3;5-6H,1-4H3,(H,9,10,11);3*1-2H3. The van der Waals surface area contributed by atoms with Crippen molar-refractivity contribution in [1.29, 1.82) is 0 Å². The number of aromatic nitrogens is 11. The van der Waals surface area contributed by atoms with Gasteiger partial charge >= 0.3 is 0 Å². The Labute approximate surface area is 616 Å². The first-order chi connectivity index (χ1) is 45.6. The molecule has 8 heterocycles. The van der Waals surface area contributed by atoms with Crippen LogP contribution in [0.2, 0.25) is 0 Å². The molecule has 0 saturated carbocycles. The SMILES string of the molecule is CC.CC.CC.CC(C)c1cc[nH]c1C(C)C.CC(C)c1cc[nH]c1C(C)C.CC(C)c1cscc1C(C)C.CC(C)c1n[nH]nc1C(C)C.Cc1[nH]nc(C(C)C)c1C(C)C.Cc1nc(C(C)C)c(C(C)C)[nH]1.Cc1nc(C(C)C)c(C(C)C)s1.Cc1nc(C(C)C)c(C(C)C)s1. The highest BCUT2D eigenvalue weighted by Gasteiger charge is 2.20. The van der Waals surface area contributed by atoms with Crippen molar-refractivity contribution in [2.24, 2.45) is 0 Å². The first-order valence-electron chi connectivity index (χ1n) is 38.0. The Morgan fingerprint density at radius 1 is 0.306 bits per heavy atom. The van der Waals surface area contributed by atoms with Gasteiger partial charge in [0, 0.05) is 44.9 Å². The quantitative estimate of drug-likeness (QED) is 0.0649. The van der Waals surface area contributed by atoms with Crippen LogP contribution in [0.1, 0.15) is 468 Å². The van der Waals surface area contributed by atoms with Crippen LogP contribution >= 0.6 is 34.0 Å². The first kappa shape index (κ1) is 97.3. The molecule has 8 aromatic rings. The van der Waals surface area contributed by atoms with E-state index in [1.54, 1.807) is 0 Å². The monoisotopic (exact) mass is 1410 g/mol. The summed E-state index contributed by atoms with van der Waals surface area (Å²) in [6.45, 7) is 90.9. The lowest BCUT2D eigenvalue weighted by Gasteiger charge is -2.09. The van der Waals surface area contributed by atoms with Crippen LogP contribution in [0.5, 0.6) is 0 Å². The molecule has 0 aliphatic heterocycles. The number of rotatable bonds is 16. The molecule has 0 radical (unpaired) electrons. The molecule has 8 rings (SSSR count). The first-order valence-corrected chi connectivity index (χ1v) is 40.5. The molecule has 0 aliphatic carbocycles. The van der Waals surface area contributed by atoms with Gasteiger partial charge in [-0.05, 0) is 173 Å². The second-order valence-corrected chi connectivity index (χ2v) is 33.0. The van der Waals surface area contributed by atoms with E-state index >= 15 is 0 Å². The summed E-state index contributed by atoms with van der Waals surface area (Å²) in [6.07, 6.45) is 4.06. The van der Waals surface area contributed by atoms with Gasteiger partial charge in [-0.2, -0.15) is 31.8 Å². The third-order valence-corrected chi connectivity index (χ3v) is 18.9. The molecule has 562 valence electrons. The minimum atomic E-state index is 0.464. The smallest absolute Gasteiger partial charge is 0.103 e. The summed E-state index contributed by atoms with van der Waals surface area (Å²) < 4.78 is 0. The number of hydrogen-bond acceptors (Lipinski definition) is 9. The number of thiazole rings is 2. The lowest BCUT2D eigenvalue weighted by Crippen LogP contribution is -1.97. The van der Waals surface area contributed by atoms with Crippen molar-refractivity contribution >= 4 is 34.0 Å². The van der Waals surface area contributed by atoms with E-state index < -0.39 is 0 Å². The number of thiophene rings is 1. The average molecular weight is 1410 g/mol. The summed E-state index contributed by atoms with van der Waals surface area (Å²) in [5.74, 6) is 10.3. The van der Waals surface area contributed by atoms with Gasteiger partial charge in [0.05, 0.1) is 44.2 Å². The largest absolute Gasteiger partial charge is 0.365 e. The number of aryl methyl sites for hydroxylation is 4. The Hall–Kier alpha value is -4.92. The normalized spacial score (nSPS) is 11.0. The highest BCUT2D eigenvalue weighted by atomic mass is 32.1. The summed E-state index contributed by atoms with van der Waals surface area (Å²) in [7, 11) is 0. The number of nitrogens with zero attached hydrogens (tertiary/aromatic N) is 6. The van der Waals surface area contributed by atoms with Gasteiger partial charge in [-0.25, -0.2) is 15.0 Å². The third kappa shape index (κ3) is 33.7. The molecule has 0 aromatic carbocycles. The molecule has 0 spiro atoms. The lowest BCUT2D eigenvalue weighted by molar-refractivity contribution is 0.759. The molecule has 0 aliphatic rings.